The van der Waals surface area contributed by atoms with Gasteiger partial charge in [-0.25, -0.2) is 0 Å². The molecule has 0 spiro atoms. The molecular weight excluding hydrogens is 343 g/mol. The third kappa shape index (κ3) is 6.50. The second-order valence-electron chi connectivity index (χ2n) is 4.34. The molecule has 0 saturated carbocycles. The van der Waals surface area contributed by atoms with E-state index in [1.165, 1.54) is 6.07 Å². The second-order valence-corrected chi connectivity index (χ2v) is 4.34. The van der Waals surface area contributed by atoms with E-state index < -0.39 is 6.10 Å². The van der Waals surface area contributed by atoms with E-state index in [-0.39, 0.29) is 35.2 Å². The molecule has 1 aromatic rings. The van der Waals surface area contributed by atoms with Gasteiger partial charge in [-0.3, -0.25) is 4.99 Å². The Morgan fingerprint density at radius 2 is 2.00 bits per heavy atom. The van der Waals surface area contributed by atoms with Crippen LogP contribution in [0.25, 0.3) is 0 Å². The maximum atomic E-state index is 11.5. The average molecular weight is 360 g/mol. The Morgan fingerprint density at radius 1 is 1.23 bits per heavy atom. The standard InChI is InChI=1S/C16H17N2O2.ClH.Fe/c19-15-7-3-1-5-13(15)11-17-9-10-18-12-14-6-2-4-8-16(14)20;;/h1-8,11-12,15,17,20H,9-10H2;1H;/q-1;;+3/p-2/b13-11-,18-12?;;. The number of nitrogens with one attached hydrogen (secondary N) is 1. The van der Waals surface area contributed by atoms with E-state index in [0.29, 0.717) is 24.2 Å². The maximum absolute atomic E-state index is 11.5. The third-order valence-corrected chi connectivity index (χ3v) is 2.82. The summed E-state index contributed by atoms with van der Waals surface area (Å²) in [7, 11) is 0. The Balaban J connectivity index is 0.00000220. The third-order valence-electron chi connectivity index (χ3n) is 2.82. The van der Waals surface area contributed by atoms with Crippen molar-refractivity contribution in [3.63, 3.8) is 0 Å². The summed E-state index contributed by atoms with van der Waals surface area (Å²) in [6, 6.07) is 6.77. The fraction of sp³-hybridized carbons (Fsp3) is 0.188. The van der Waals surface area contributed by atoms with Crippen LogP contribution in [0.3, 0.4) is 0 Å². The van der Waals surface area contributed by atoms with Crippen molar-refractivity contribution in [1.82, 2.24) is 5.32 Å². The molecule has 117 valence electrons. The minimum absolute atomic E-state index is 0. The second kappa shape index (κ2) is 11.1. The first-order chi connectivity index (χ1) is 9.77. The number of para-hydroxylation sites is 1. The molecule has 22 heavy (non-hydrogen) atoms. The fourth-order valence-electron chi connectivity index (χ4n) is 1.74. The van der Waals surface area contributed by atoms with Crippen LogP contribution >= 0.6 is 0 Å². The fourth-order valence-corrected chi connectivity index (χ4v) is 1.74. The van der Waals surface area contributed by atoms with Crippen LogP contribution in [0.5, 0.6) is 5.75 Å². The predicted octanol–water partition coefficient (Wildman–Crippen LogP) is -2.49. The number of hydrogen-bond donors (Lipinski definition) is 1. The van der Waals surface area contributed by atoms with Gasteiger partial charge in [0.2, 0.25) is 0 Å². The molecule has 1 atom stereocenters. The van der Waals surface area contributed by atoms with Crippen LogP contribution in [0.4, 0.5) is 0 Å². The van der Waals surface area contributed by atoms with Crippen LogP contribution in [-0.4, -0.2) is 25.4 Å². The molecule has 0 fully saturated rings. The summed E-state index contributed by atoms with van der Waals surface area (Å²) in [5.41, 5.74) is 1.30. The van der Waals surface area contributed by atoms with Crippen molar-refractivity contribution in [1.29, 1.82) is 0 Å². The van der Waals surface area contributed by atoms with Gasteiger partial charge in [0, 0.05) is 12.8 Å². The first-order valence-corrected chi connectivity index (χ1v) is 6.47. The molecule has 0 saturated heterocycles. The van der Waals surface area contributed by atoms with Crippen molar-refractivity contribution >= 4 is 6.21 Å². The van der Waals surface area contributed by atoms with E-state index in [0.717, 1.165) is 0 Å². The van der Waals surface area contributed by atoms with Crippen molar-refractivity contribution in [3.8, 4) is 5.75 Å². The van der Waals surface area contributed by atoms with Gasteiger partial charge in [0.15, 0.2) is 0 Å². The smallest absolute Gasteiger partial charge is 1.00 e. The number of halogens is 1. The zero-order valence-electron chi connectivity index (χ0n) is 11.8. The number of rotatable bonds is 5. The van der Waals surface area contributed by atoms with Gasteiger partial charge in [-0.15, -0.1) is 5.75 Å². The first kappa shape index (κ1) is 20.5. The topological polar surface area (TPSA) is 70.5 Å². The first-order valence-electron chi connectivity index (χ1n) is 6.47. The quantitative estimate of drug-likeness (QED) is 0.359. The Hall–Kier alpha value is -1.52. The molecule has 1 N–H and O–H groups in total. The largest absolute Gasteiger partial charge is 3.00 e. The van der Waals surface area contributed by atoms with Crippen LogP contribution in [0.1, 0.15) is 5.56 Å². The van der Waals surface area contributed by atoms with Gasteiger partial charge in [-0.2, -0.15) is 0 Å². The zero-order valence-corrected chi connectivity index (χ0v) is 13.6. The van der Waals surface area contributed by atoms with E-state index in [1.54, 1.807) is 42.8 Å². The minimum atomic E-state index is -0.802. The molecule has 2 rings (SSSR count). The van der Waals surface area contributed by atoms with Crippen LogP contribution in [0, 0.1) is 0 Å². The molecule has 0 amide bonds. The molecule has 0 heterocycles. The number of nitrogens with zero attached hydrogens (tertiary/aromatic N) is 1. The van der Waals surface area contributed by atoms with E-state index in [4.69, 9.17) is 0 Å². The molecule has 4 nitrogen and oxygen atoms in total. The molecule has 0 aromatic heterocycles. The zero-order chi connectivity index (χ0) is 14.2. The van der Waals surface area contributed by atoms with Crippen molar-refractivity contribution < 1.29 is 39.7 Å². The molecular formula is C16H16ClFeN2O2. The maximum Gasteiger partial charge on any atom is 3.00 e. The van der Waals surface area contributed by atoms with Crippen LogP contribution in [0.2, 0.25) is 0 Å². The van der Waals surface area contributed by atoms with Crippen LogP contribution in [0.15, 0.2) is 65.3 Å². The van der Waals surface area contributed by atoms with Crippen LogP contribution < -0.4 is 27.9 Å². The van der Waals surface area contributed by atoms with Gasteiger partial charge in [-0.05, 0) is 17.3 Å². The summed E-state index contributed by atoms with van der Waals surface area (Å²) >= 11 is 0. The van der Waals surface area contributed by atoms with E-state index in [2.05, 4.69) is 10.3 Å². The normalized spacial score (nSPS) is 18.0. The molecule has 1 aliphatic rings. The van der Waals surface area contributed by atoms with Crippen LogP contribution in [-0.2, 0) is 17.1 Å². The number of allylic oxidation sites excluding steroid dienone is 2. The van der Waals surface area contributed by atoms with Gasteiger partial charge in [0.1, 0.15) is 0 Å². The monoisotopic (exact) mass is 359 g/mol. The Kier molecular flexibility index (Phi) is 10.3. The summed E-state index contributed by atoms with van der Waals surface area (Å²) in [4.78, 5) is 4.18. The van der Waals surface area contributed by atoms with Crippen molar-refractivity contribution in [2.24, 2.45) is 4.99 Å². The molecule has 1 aliphatic carbocycles. The van der Waals surface area contributed by atoms with Crippen molar-refractivity contribution in [2.45, 2.75) is 6.10 Å². The number of hydrogen-bond acceptors (Lipinski definition) is 4. The summed E-state index contributed by atoms with van der Waals surface area (Å²) in [5, 5.41) is 26.0. The average Bonchev–Trinajstić information content (AvgIpc) is 2.46. The molecule has 1 aromatic carbocycles. The van der Waals surface area contributed by atoms with Gasteiger partial charge >= 0.3 is 17.1 Å². The van der Waals surface area contributed by atoms with Crippen molar-refractivity contribution in [3.05, 3.63) is 65.9 Å². The summed E-state index contributed by atoms with van der Waals surface area (Å²) in [6.45, 7) is 1.16. The summed E-state index contributed by atoms with van der Waals surface area (Å²) < 4.78 is 0. The van der Waals surface area contributed by atoms with E-state index in [1.807, 2.05) is 12.1 Å². The summed E-state index contributed by atoms with van der Waals surface area (Å²) in [5.74, 6) is -0.0281. The van der Waals surface area contributed by atoms with Gasteiger partial charge in [-0.1, -0.05) is 54.7 Å². The SMILES string of the molecule is [Cl-].[Fe+3].[O-]c1ccccc1C=NCCN/C=C1/C=CC=CC1[O-]. The van der Waals surface area contributed by atoms with Gasteiger partial charge in [0.25, 0.3) is 0 Å². The van der Waals surface area contributed by atoms with E-state index >= 15 is 0 Å². The van der Waals surface area contributed by atoms with Crippen molar-refractivity contribution in [2.75, 3.05) is 13.1 Å². The Bertz CT molecular complexity index is 571. The van der Waals surface area contributed by atoms with E-state index in [9.17, 15) is 10.2 Å². The Labute approximate surface area is 147 Å². The molecule has 0 aliphatic heterocycles. The number of benzene rings is 1. The summed E-state index contributed by atoms with van der Waals surface area (Å²) in [6.07, 6.45) is 9.48. The minimum Gasteiger partial charge on any atom is -1.00 e. The Morgan fingerprint density at radius 3 is 2.73 bits per heavy atom. The molecule has 1 unspecified atom stereocenters. The molecule has 0 bridgehead atoms. The molecule has 1 radical (unpaired) electrons. The predicted molar refractivity (Wildman–Crippen MR) is 76.5 cm³/mol. The van der Waals surface area contributed by atoms with Gasteiger partial charge in [0.05, 0.1) is 6.54 Å². The molecule has 6 heteroatoms. The van der Waals surface area contributed by atoms with Gasteiger partial charge < -0.3 is 27.9 Å². The number of aliphatic imine (C=N–C) groups is 1.